The van der Waals surface area contributed by atoms with Crippen LogP contribution < -0.4 is 16.0 Å². The minimum atomic E-state index is -0.700. The van der Waals surface area contributed by atoms with E-state index in [0.717, 1.165) is 37.8 Å². The number of aliphatic imine (C=N–C) groups is 1. The minimum Gasteiger partial charge on any atom is -0.388 e. The molecule has 0 bridgehead atoms. The number of hydrogen-bond donors (Lipinski definition) is 4. The predicted molar refractivity (Wildman–Crippen MR) is 112 cm³/mol. The zero-order chi connectivity index (χ0) is 20.1. The third-order valence-electron chi connectivity index (χ3n) is 4.33. The van der Waals surface area contributed by atoms with E-state index in [0.29, 0.717) is 31.2 Å². The van der Waals surface area contributed by atoms with Crippen LogP contribution in [-0.2, 0) is 6.54 Å². The predicted octanol–water partition coefficient (Wildman–Crippen LogP) is 2.82. The van der Waals surface area contributed by atoms with Gasteiger partial charge >= 0.3 is 0 Å². The highest BCUT2D eigenvalue weighted by Gasteiger charge is 2.24. The first-order valence-electron chi connectivity index (χ1n) is 10.1. The van der Waals surface area contributed by atoms with Gasteiger partial charge in [0, 0.05) is 25.2 Å². The number of rotatable bonds is 11. The highest BCUT2D eigenvalue weighted by Crippen LogP contribution is 2.18. The van der Waals surface area contributed by atoms with Crippen molar-refractivity contribution in [2.45, 2.75) is 65.5 Å². The van der Waals surface area contributed by atoms with E-state index in [9.17, 15) is 9.90 Å². The lowest BCUT2D eigenvalue weighted by Gasteiger charge is -2.28. The van der Waals surface area contributed by atoms with Crippen molar-refractivity contribution < 1.29 is 9.90 Å². The van der Waals surface area contributed by atoms with Gasteiger partial charge in [-0.3, -0.25) is 4.79 Å². The van der Waals surface area contributed by atoms with Crippen molar-refractivity contribution in [3.8, 4) is 0 Å². The average molecular weight is 377 g/mol. The molecule has 1 amide bonds. The van der Waals surface area contributed by atoms with E-state index in [1.165, 1.54) is 0 Å². The van der Waals surface area contributed by atoms with E-state index in [-0.39, 0.29) is 5.91 Å². The van der Waals surface area contributed by atoms with Crippen LogP contribution in [0.1, 0.15) is 69.3 Å². The molecule has 1 rings (SSSR count). The molecule has 0 aliphatic heterocycles. The van der Waals surface area contributed by atoms with Gasteiger partial charge in [0.15, 0.2) is 5.96 Å². The lowest BCUT2D eigenvalue weighted by molar-refractivity contribution is 0.0257. The molecule has 0 aromatic heterocycles. The summed E-state index contributed by atoms with van der Waals surface area (Å²) in [7, 11) is 0. The van der Waals surface area contributed by atoms with Gasteiger partial charge in [-0.05, 0) is 44.4 Å². The molecule has 152 valence electrons. The molecule has 0 fully saturated rings. The molecule has 0 radical (unpaired) electrons. The summed E-state index contributed by atoms with van der Waals surface area (Å²) in [4.78, 5) is 16.4. The van der Waals surface area contributed by atoms with Crippen LogP contribution in [-0.4, -0.2) is 42.2 Å². The molecule has 1 aromatic carbocycles. The topological polar surface area (TPSA) is 85.8 Å². The summed E-state index contributed by atoms with van der Waals surface area (Å²) >= 11 is 0. The van der Waals surface area contributed by atoms with Crippen LogP contribution in [0.4, 0.5) is 0 Å². The quantitative estimate of drug-likeness (QED) is 0.353. The number of guanidine groups is 1. The van der Waals surface area contributed by atoms with Crippen LogP contribution in [0.3, 0.4) is 0 Å². The summed E-state index contributed by atoms with van der Waals surface area (Å²) in [5, 5.41) is 20.0. The van der Waals surface area contributed by atoms with Crippen molar-refractivity contribution in [2.75, 3.05) is 19.6 Å². The van der Waals surface area contributed by atoms with Gasteiger partial charge in [0.1, 0.15) is 0 Å². The van der Waals surface area contributed by atoms with Crippen LogP contribution in [0.2, 0.25) is 0 Å². The molecule has 0 spiro atoms. The number of aliphatic hydroxyl groups is 1. The van der Waals surface area contributed by atoms with Gasteiger partial charge in [-0.25, -0.2) is 4.99 Å². The molecular weight excluding hydrogens is 340 g/mol. The van der Waals surface area contributed by atoms with Crippen LogP contribution in [0.25, 0.3) is 0 Å². The van der Waals surface area contributed by atoms with E-state index in [4.69, 9.17) is 0 Å². The standard InChI is InChI=1S/C21H36N4O2/c1-5-13-21(27,14-6-2)16-25-20(23-8-4)24-15-17-9-11-18(12-10-17)19(26)22-7-3/h9-12,27H,5-8,13-16H2,1-4H3,(H,22,26)(H2,23,24,25). The van der Waals surface area contributed by atoms with Crippen molar-refractivity contribution >= 4 is 11.9 Å². The molecule has 1 aromatic rings. The lowest BCUT2D eigenvalue weighted by Crippen LogP contribution is -2.47. The van der Waals surface area contributed by atoms with Gasteiger partial charge in [-0.1, -0.05) is 38.8 Å². The molecule has 0 heterocycles. The largest absolute Gasteiger partial charge is 0.388 e. The molecule has 0 saturated heterocycles. The normalized spacial score (nSPS) is 12.0. The van der Waals surface area contributed by atoms with Gasteiger partial charge in [0.25, 0.3) is 5.91 Å². The van der Waals surface area contributed by atoms with E-state index in [1.54, 1.807) is 0 Å². The van der Waals surface area contributed by atoms with Gasteiger partial charge in [-0.2, -0.15) is 0 Å². The summed E-state index contributed by atoms with van der Waals surface area (Å²) in [6.07, 6.45) is 3.44. The highest BCUT2D eigenvalue weighted by molar-refractivity contribution is 5.94. The van der Waals surface area contributed by atoms with Gasteiger partial charge < -0.3 is 21.1 Å². The number of carbonyl (C=O) groups is 1. The van der Waals surface area contributed by atoms with Crippen molar-refractivity contribution in [1.82, 2.24) is 16.0 Å². The fourth-order valence-corrected chi connectivity index (χ4v) is 3.02. The summed E-state index contributed by atoms with van der Waals surface area (Å²) < 4.78 is 0. The molecule has 6 nitrogen and oxygen atoms in total. The Morgan fingerprint density at radius 3 is 2.07 bits per heavy atom. The van der Waals surface area contributed by atoms with Crippen LogP contribution in [0.5, 0.6) is 0 Å². The summed E-state index contributed by atoms with van der Waals surface area (Å²) in [6.45, 7) is 10.4. The lowest BCUT2D eigenvalue weighted by atomic mass is 9.93. The highest BCUT2D eigenvalue weighted by atomic mass is 16.3. The minimum absolute atomic E-state index is 0.0614. The number of carbonyl (C=O) groups excluding carboxylic acids is 1. The number of benzene rings is 1. The maximum Gasteiger partial charge on any atom is 0.251 e. The van der Waals surface area contributed by atoms with Gasteiger partial charge in [-0.15, -0.1) is 0 Å². The van der Waals surface area contributed by atoms with Crippen molar-refractivity contribution in [3.05, 3.63) is 35.4 Å². The fraction of sp³-hybridized carbons (Fsp3) is 0.619. The van der Waals surface area contributed by atoms with Crippen LogP contribution in [0, 0.1) is 0 Å². The second-order valence-electron chi connectivity index (χ2n) is 6.83. The Hall–Kier alpha value is -2.08. The van der Waals surface area contributed by atoms with Crippen molar-refractivity contribution in [1.29, 1.82) is 0 Å². The maximum atomic E-state index is 11.8. The van der Waals surface area contributed by atoms with Crippen molar-refractivity contribution in [2.24, 2.45) is 4.99 Å². The monoisotopic (exact) mass is 376 g/mol. The molecule has 0 saturated carbocycles. The summed E-state index contributed by atoms with van der Waals surface area (Å²) in [5.74, 6) is 0.629. The summed E-state index contributed by atoms with van der Waals surface area (Å²) in [6, 6.07) is 7.47. The first-order chi connectivity index (χ1) is 13.0. The third kappa shape index (κ3) is 8.43. The first-order valence-corrected chi connectivity index (χ1v) is 10.1. The van der Waals surface area contributed by atoms with Crippen molar-refractivity contribution in [3.63, 3.8) is 0 Å². The van der Waals surface area contributed by atoms with Crippen LogP contribution in [0.15, 0.2) is 29.3 Å². The maximum absolute atomic E-state index is 11.8. The second kappa shape index (κ2) is 12.3. The first kappa shape index (κ1) is 23.0. The molecular formula is C21H36N4O2. The number of hydrogen-bond acceptors (Lipinski definition) is 3. The summed E-state index contributed by atoms with van der Waals surface area (Å²) in [5.41, 5.74) is 0.977. The Morgan fingerprint density at radius 1 is 0.963 bits per heavy atom. The molecule has 6 heteroatoms. The van der Waals surface area contributed by atoms with E-state index in [1.807, 2.05) is 38.1 Å². The SMILES string of the molecule is CCCC(O)(CCC)CNC(=NCc1ccc(C(=O)NCC)cc1)NCC. The number of nitrogens with zero attached hydrogens (tertiary/aromatic N) is 1. The van der Waals surface area contributed by atoms with Crippen LogP contribution >= 0.6 is 0 Å². The molecule has 0 unspecified atom stereocenters. The zero-order valence-corrected chi connectivity index (χ0v) is 17.3. The molecule has 0 atom stereocenters. The van der Waals surface area contributed by atoms with Gasteiger partial charge in [0.05, 0.1) is 12.1 Å². The molecule has 0 aliphatic carbocycles. The molecule has 27 heavy (non-hydrogen) atoms. The smallest absolute Gasteiger partial charge is 0.251 e. The fourth-order valence-electron chi connectivity index (χ4n) is 3.02. The van der Waals surface area contributed by atoms with Gasteiger partial charge in [0.2, 0.25) is 0 Å². The zero-order valence-electron chi connectivity index (χ0n) is 17.3. The van der Waals surface area contributed by atoms with E-state index >= 15 is 0 Å². The Balaban J connectivity index is 2.71. The number of nitrogens with one attached hydrogen (secondary N) is 3. The molecule has 4 N–H and O–H groups in total. The number of amides is 1. The van der Waals surface area contributed by atoms with E-state index < -0.39 is 5.60 Å². The third-order valence-corrected chi connectivity index (χ3v) is 4.33. The Labute approximate surface area is 163 Å². The second-order valence-corrected chi connectivity index (χ2v) is 6.83. The Morgan fingerprint density at radius 2 is 1.56 bits per heavy atom. The molecule has 0 aliphatic rings. The average Bonchev–Trinajstić information content (AvgIpc) is 2.65. The Bertz CT molecular complexity index is 578. The van der Waals surface area contributed by atoms with E-state index in [2.05, 4.69) is 34.8 Å². The Kier molecular flexibility index (Phi) is 10.5.